The van der Waals surface area contributed by atoms with Crippen LogP contribution in [0.2, 0.25) is 5.02 Å². The average Bonchev–Trinajstić information content (AvgIpc) is 3.40. The van der Waals surface area contributed by atoms with Crippen LogP contribution in [-0.4, -0.2) is 27.9 Å². The summed E-state index contributed by atoms with van der Waals surface area (Å²) in [5.41, 5.74) is -0.286. The molecular formula is C21H17ClN2O8S2. The number of fused-ring (bicyclic) bond motifs is 1. The number of aromatic carboxylic acids is 1. The fourth-order valence-electron chi connectivity index (χ4n) is 3.15. The monoisotopic (exact) mass is 524 g/mol. The van der Waals surface area contributed by atoms with Crippen LogP contribution < -0.4 is 9.44 Å². The van der Waals surface area contributed by atoms with E-state index in [0.29, 0.717) is 11.0 Å². The molecule has 0 unspecified atom stereocenters. The van der Waals surface area contributed by atoms with Gasteiger partial charge in [0, 0.05) is 29.0 Å². The van der Waals surface area contributed by atoms with Gasteiger partial charge in [0.05, 0.1) is 11.4 Å². The highest BCUT2D eigenvalue weighted by atomic mass is 35.5. The minimum atomic E-state index is -4.42. The van der Waals surface area contributed by atoms with Gasteiger partial charge < -0.3 is 13.9 Å². The average molecular weight is 525 g/mol. The second kappa shape index (κ2) is 8.70. The molecule has 0 saturated heterocycles. The van der Waals surface area contributed by atoms with E-state index in [4.69, 9.17) is 20.4 Å². The maximum Gasteiger partial charge on any atom is 0.339 e. The number of carbonyl (C=O) groups is 1. The molecule has 0 saturated carbocycles. The maximum atomic E-state index is 12.9. The second-order valence-electron chi connectivity index (χ2n) is 7.07. The van der Waals surface area contributed by atoms with E-state index in [1.54, 1.807) is 31.2 Å². The molecule has 0 bridgehead atoms. The summed E-state index contributed by atoms with van der Waals surface area (Å²) in [5, 5.41) is 8.93. The number of halogens is 1. The summed E-state index contributed by atoms with van der Waals surface area (Å²) in [6.45, 7) is 1.61. The van der Waals surface area contributed by atoms with E-state index < -0.39 is 31.1 Å². The number of aryl methyl sites for hydroxylation is 1. The standard InChI is InChI=1S/C21H17ClN2O8S2/c1-2-17-14(21(25)26)11-20(31-17)34(29,30)23-15-8-7-13(22)10-16(15)24-33(27,28)19-9-12-5-3-4-6-18(12)32-19/h3-11,23-24H,2H2,1H3,(H,25,26). The highest BCUT2D eigenvalue weighted by molar-refractivity contribution is 7.93. The van der Waals surface area contributed by atoms with Gasteiger partial charge in [-0.1, -0.05) is 36.7 Å². The van der Waals surface area contributed by atoms with Crippen molar-refractivity contribution in [2.24, 2.45) is 0 Å². The second-order valence-corrected chi connectivity index (χ2v) is 10.7. The molecular weight excluding hydrogens is 508 g/mol. The maximum absolute atomic E-state index is 12.9. The number of benzene rings is 2. The lowest BCUT2D eigenvalue weighted by molar-refractivity contribution is 0.0694. The Morgan fingerprint density at radius 3 is 2.18 bits per heavy atom. The Bertz CT molecular complexity index is 1590. The third kappa shape index (κ3) is 4.60. The van der Waals surface area contributed by atoms with Crippen molar-refractivity contribution >= 4 is 60.0 Å². The zero-order chi connectivity index (χ0) is 24.7. The van der Waals surface area contributed by atoms with E-state index in [1.165, 1.54) is 24.3 Å². The minimum Gasteiger partial charge on any atom is -0.478 e. The van der Waals surface area contributed by atoms with E-state index in [0.717, 1.165) is 6.07 Å². The summed E-state index contributed by atoms with van der Waals surface area (Å²) in [6.07, 6.45) is 0.153. The van der Waals surface area contributed by atoms with Gasteiger partial charge in [0.2, 0.25) is 10.2 Å². The van der Waals surface area contributed by atoms with E-state index in [2.05, 4.69) is 9.44 Å². The summed E-state index contributed by atoms with van der Waals surface area (Å²) in [7, 11) is -8.68. The lowest BCUT2D eigenvalue weighted by Gasteiger charge is -2.13. The van der Waals surface area contributed by atoms with Crippen LogP contribution in [0.5, 0.6) is 0 Å². The molecule has 2 heterocycles. The van der Waals surface area contributed by atoms with E-state index in [-0.39, 0.29) is 39.2 Å². The Labute approximate surface area is 199 Å². The minimum absolute atomic E-state index is 0.0187. The number of rotatable bonds is 8. The molecule has 13 heteroatoms. The van der Waals surface area contributed by atoms with E-state index in [1.807, 2.05) is 0 Å². The summed E-state index contributed by atoms with van der Waals surface area (Å²) >= 11 is 6.00. The normalized spacial score (nSPS) is 12.1. The predicted molar refractivity (Wildman–Crippen MR) is 124 cm³/mol. The molecule has 0 aliphatic heterocycles. The van der Waals surface area contributed by atoms with Gasteiger partial charge in [0.25, 0.3) is 20.0 Å². The van der Waals surface area contributed by atoms with E-state index >= 15 is 0 Å². The van der Waals surface area contributed by atoms with Crippen LogP contribution in [-0.2, 0) is 26.5 Å². The summed E-state index contributed by atoms with van der Waals surface area (Å²) < 4.78 is 66.7. The van der Waals surface area contributed by atoms with Crippen molar-refractivity contribution in [1.29, 1.82) is 0 Å². The molecule has 34 heavy (non-hydrogen) atoms. The lowest BCUT2D eigenvalue weighted by Crippen LogP contribution is -2.17. The predicted octanol–water partition coefficient (Wildman–Crippen LogP) is 4.54. The first kappa shape index (κ1) is 23.7. The SMILES string of the molecule is CCc1oc(S(=O)(=O)Nc2ccc(Cl)cc2NS(=O)(=O)c2cc3ccccc3o2)cc1C(=O)O. The van der Waals surface area contributed by atoms with Gasteiger partial charge in [-0.3, -0.25) is 9.44 Å². The molecule has 0 spiro atoms. The number of hydrogen-bond acceptors (Lipinski definition) is 7. The Morgan fingerprint density at radius 1 is 0.912 bits per heavy atom. The fourth-order valence-corrected chi connectivity index (χ4v) is 5.41. The molecule has 0 aliphatic rings. The molecule has 0 amide bonds. The van der Waals surface area contributed by atoms with Crippen LogP contribution in [0, 0.1) is 0 Å². The lowest BCUT2D eigenvalue weighted by atomic mass is 10.2. The molecule has 2 aromatic heterocycles. The van der Waals surface area contributed by atoms with Crippen LogP contribution in [0.1, 0.15) is 23.0 Å². The largest absolute Gasteiger partial charge is 0.478 e. The highest BCUT2D eigenvalue weighted by Crippen LogP contribution is 2.32. The smallest absolute Gasteiger partial charge is 0.339 e. The molecule has 0 radical (unpaired) electrons. The summed E-state index contributed by atoms with van der Waals surface area (Å²) in [6, 6.07) is 12.7. The number of carboxylic acid groups (broad SMARTS) is 1. The molecule has 2 aromatic carbocycles. The van der Waals surface area contributed by atoms with Crippen molar-refractivity contribution in [2.75, 3.05) is 9.44 Å². The summed E-state index contributed by atoms with van der Waals surface area (Å²) in [4.78, 5) is 11.4. The molecule has 4 rings (SSSR count). The van der Waals surface area contributed by atoms with Gasteiger partial charge in [-0.05, 0) is 24.3 Å². The van der Waals surface area contributed by atoms with Crippen molar-refractivity contribution in [3.63, 3.8) is 0 Å². The van der Waals surface area contributed by atoms with Gasteiger partial charge in [-0.25, -0.2) is 4.79 Å². The molecule has 4 aromatic rings. The molecule has 0 atom stereocenters. The van der Waals surface area contributed by atoms with E-state index in [9.17, 15) is 26.7 Å². The van der Waals surface area contributed by atoms with Gasteiger partial charge in [0.15, 0.2) is 0 Å². The zero-order valence-corrected chi connectivity index (χ0v) is 19.8. The quantitative estimate of drug-likeness (QED) is 0.303. The fraction of sp³-hybridized carbons (Fsp3) is 0.0952. The summed E-state index contributed by atoms with van der Waals surface area (Å²) in [5.74, 6) is -1.36. The number of anilines is 2. The van der Waals surface area contributed by atoms with Crippen molar-refractivity contribution in [3.8, 4) is 0 Å². The van der Waals surface area contributed by atoms with Gasteiger partial charge in [-0.2, -0.15) is 16.8 Å². The number of hydrogen-bond donors (Lipinski definition) is 3. The van der Waals surface area contributed by atoms with Crippen LogP contribution in [0.4, 0.5) is 11.4 Å². The Balaban J connectivity index is 1.69. The molecule has 3 N–H and O–H groups in total. The number of furan rings is 2. The van der Waals surface area contributed by atoms with Crippen LogP contribution in [0.3, 0.4) is 0 Å². The highest BCUT2D eigenvalue weighted by Gasteiger charge is 2.27. The van der Waals surface area contributed by atoms with Gasteiger partial charge in [-0.15, -0.1) is 0 Å². The Hall–Kier alpha value is -3.48. The number of carboxylic acids is 1. The van der Waals surface area contributed by atoms with Crippen LogP contribution in [0.25, 0.3) is 11.0 Å². The van der Waals surface area contributed by atoms with Crippen LogP contribution in [0.15, 0.2) is 73.6 Å². The Morgan fingerprint density at radius 2 is 1.56 bits per heavy atom. The zero-order valence-electron chi connectivity index (χ0n) is 17.4. The number of sulfonamides is 2. The van der Waals surface area contributed by atoms with Crippen molar-refractivity contribution in [3.05, 3.63) is 70.9 Å². The first-order chi connectivity index (χ1) is 16.0. The third-order valence-corrected chi connectivity index (χ3v) is 7.41. The molecule has 178 valence electrons. The van der Waals surface area contributed by atoms with Crippen molar-refractivity contribution in [1.82, 2.24) is 0 Å². The topological polar surface area (TPSA) is 156 Å². The van der Waals surface area contributed by atoms with Crippen molar-refractivity contribution < 1.29 is 35.6 Å². The molecule has 0 fully saturated rings. The first-order valence-corrected chi connectivity index (χ1v) is 13.0. The Kier molecular flexibility index (Phi) is 6.06. The molecule has 10 nitrogen and oxygen atoms in total. The van der Waals surface area contributed by atoms with Crippen LogP contribution >= 0.6 is 11.6 Å². The third-order valence-electron chi connectivity index (χ3n) is 4.74. The van der Waals surface area contributed by atoms with Gasteiger partial charge in [0.1, 0.15) is 16.9 Å². The molecule has 0 aliphatic carbocycles. The number of nitrogens with one attached hydrogen (secondary N) is 2. The van der Waals surface area contributed by atoms with Crippen molar-refractivity contribution in [2.45, 2.75) is 23.5 Å². The van der Waals surface area contributed by atoms with Gasteiger partial charge >= 0.3 is 5.97 Å². The number of para-hydroxylation sites is 1. The first-order valence-electron chi connectivity index (χ1n) is 9.70.